The van der Waals surface area contributed by atoms with Crippen molar-refractivity contribution in [1.29, 1.82) is 0 Å². The lowest BCUT2D eigenvalue weighted by molar-refractivity contribution is -0.189. The lowest BCUT2D eigenvalue weighted by Crippen LogP contribution is -2.54. The maximum Gasteiger partial charge on any atom is 0.111 e. The Morgan fingerprint density at radius 1 is 0.759 bits per heavy atom. The van der Waals surface area contributed by atoms with Crippen LogP contribution in [-0.4, -0.2) is 58.9 Å². The Morgan fingerprint density at radius 3 is 1.76 bits per heavy atom. The lowest BCUT2D eigenvalue weighted by atomic mass is 9.95. The lowest BCUT2D eigenvalue weighted by Gasteiger charge is -2.36. The van der Waals surface area contributed by atoms with Crippen molar-refractivity contribution in [3.63, 3.8) is 0 Å². The van der Waals surface area contributed by atoms with Crippen LogP contribution in [-0.2, 0) is 4.74 Å². The van der Waals surface area contributed by atoms with Gasteiger partial charge < -0.3 is 25.4 Å². The van der Waals surface area contributed by atoms with E-state index in [0.29, 0.717) is 6.42 Å². The Labute approximate surface area is 179 Å². The van der Waals surface area contributed by atoms with Crippen LogP contribution in [0.15, 0.2) is 0 Å². The standard InChI is InChI=1S/C24H49NO4/c1-3-4-5-6-7-8-9-10-11-12-13-14-15-16-17-25-20(2)18-22-24(28)23(27)21(26)19-29-22/h20-28H,3-19H2,1-2H3. The number of hydrogen-bond donors (Lipinski definition) is 4. The third-order valence-corrected chi connectivity index (χ3v) is 6.22. The van der Waals surface area contributed by atoms with Crippen molar-refractivity contribution in [3.8, 4) is 0 Å². The molecule has 174 valence electrons. The summed E-state index contributed by atoms with van der Waals surface area (Å²) in [6.45, 7) is 5.43. The van der Waals surface area contributed by atoms with E-state index < -0.39 is 24.4 Å². The van der Waals surface area contributed by atoms with Crippen LogP contribution in [0.5, 0.6) is 0 Å². The second-order valence-electron chi connectivity index (χ2n) is 9.11. The maximum absolute atomic E-state index is 10.00. The van der Waals surface area contributed by atoms with E-state index in [-0.39, 0.29) is 12.6 Å². The van der Waals surface area contributed by atoms with Crippen LogP contribution in [0.1, 0.15) is 110 Å². The molecule has 5 nitrogen and oxygen atoms in total. The van der Waals surface area contributed by atoms with E-state index in [4.69, 9.17) is 4.74 Å². The van der Waals surface area contributed by atoms with Crippen molar-refractivity contribution in [3.05, 3.63) is 0 Å². The average Bonchev–Trinajstić information content (AvgIpc) is 2.71. The molecule has 5 heteroatoms. The largest absolute Gasteiger partial charge is 0.388 e. The van der Waals surface area contributed by atoms with Crippen LogP contribution in [0, 0.1) is 0 Å². The molecule has 0 aliphatic carbocycles. The molecular formula is C24H49NO4. The van der Waals surface area contributed by atoms with Gasteiger partial charge in [-0.2, -0.15) is 0 Å². The highest BCUT2D eigenvalue weighted by Gasteiger charge is 2.37. The van der Waals surface area contributed by atoms with Gasteiger partial charge in [0.15, 0.2) is 0 Å². The molecule has 1 heterocycles. The van der Waals surface area contributed by atoms with Gasteiger partial charge in [0.05, 0.1) is 12.7 Å². The van der Waals surface area contributed by atoms with Crippen molar-refractivity contribution in [1.82, 2.24) is 5.32 Å². The number of hydrogen-bond acceptors (Lipinski definition) is 5. The van der Waals surface area contributed by atoms with E-state index in [1.54, 1.807) is 0 Å². The fourth-order valence-corrected chi connectivity index (χ4v) is 4.17. The quantitative estimate of drug-likeness (QED) is 0.251. The molecule has 0 spiro atoms. The Hall–Kier alpha value is -0.200. The summed E-state index contributed by atoms with van der Waals surface area (Å²) in [5.74, 6) is 0. The summed E-state index contributed by atoms with van der Waals surface area (Å²) < 4.78 is 5.47. The third-order valence-electron chi connectivity index (χ3n) is 6.22. The first-order valence-corrected chi connectivity index (χ1v) is 12.5. The number of aliphatic hydroxyl groups excluding tert-OH is 3. The van der Waals surface area contributed by atoms with Crippen LogP contribution in [0.4, 0.5) is 0 Å². The normalized spacial score (nSPS) is 26.0. The summed E-state index contributed by atoms with van der Waals surface area (Å²) in [6, 6.07) is 0.221. The van der Waals surface area contributed by atoms with Crippen LogP contribution >= 0.6 is 0 Å². The van der Waals surface area contributed by atoms with Crippen LogP contribution < -0.4 is 5.32 Å². The first-order chi connectivity index (χ1) is 14.1. The molecule has 0 aromatic carbocycles. The van der Waals surface area contributed by atoms with Crippen molar-refractivity contribution < 1.29 is 20.1 Å². The fraction of sp³-hybridized carbons (Fsp3) is 1.00. The topological polar surface area (TPSA) is 82.0 Å². The fourth-order valence-electron chi connectivity index (χ4n) is 4.17. The van der Waals surface area contributed by atoms with E-state index in [2.05, 4.69) is 19.2 Å². The molecule has 5 atom stereocenters. The minimum Gasteiger partial charge on any atom is -0.388 e. The van der Waals surface area contributed by atoms with Gasteiger partial charge in [-0.25, -0.2) is 0 Å². The number of aliphatic hydroxyl groups is 3. The number of ether oxygens (including phenoxy) is 1. The van der Waals surface area contributed by atoms with Gasteiger partial charge in [0.1, 0.15) is 18.3 Å². The summed E-state index contributed by atoms with van der Waals surface area (Å²) in [5, 5.41) is 32.7. The maximum atomic E-state index is 10.00. The van der Waals surface area contributed by atoms with Crippen molar-refractivity contribution in [2.75, 3.05) is 13.2 Å². The zero-order valence-electron chi connectivity index (χ0n) is 19.2. The highest BCUT2D eigenvalue weighted by molar-refractivity contribution is 4.88. The highest BCUT2D eigenvalue weighted by Crippen LogP contribution is 2.19. The van der Waals surface area contributed by atoms with Gasteiger partial charge in [-0.05, 0) is 26.3 Å². The van der Waals surface area contributed by atoms with E-state index in [9.17, 15) is 15.3 Å². The number of nitrogens with one attached hydrogen (secondary N) is 1. The van der Waals surface area contributed by atoms with Gasteiger partial charge in [-0.3, -0.25) is 0 Å². The molecule has 0 aromatic rings. The minimum atomic E-state index is -1.10. The van der Waals surface area contributed by atoms with Crippen LogP contribution in [0.2, 0.25) is 0 Å². The average molecular weight is 416 g/mol. The van der Waals surface area contributed by atoms with Gasteiger partial charge in [-0.1, -0.05) is 90.4 Å². The zero-order valence-corrected chi connectivity index (χ0v) is 19.2. The number of unbranched alkanes of at least 4 members (excludes halogenated alkanes) is 13. The van der Waals surface area contributed by atoms with Gasteiger partial charge in [0.25, 0.3) is 0 Å². The number of rotatable bonds is 18. The van der Waals surface area contributed by atoms with Crippen LogP contribution in [0.3, 0.4) is 0 Å². The van der Waals surface area contributed by atoms with Crippen LogP contribution in [0.25, 0.3) is 0 Å². The molecular weight excluding hydrogens is 366 g/mol. The molecule has 4 N–H and O–H groups in total. The van der Waals surface area contributed by atoms with Crippen molar-refractivity contribution in [2.24, 2.45) is 0 Å². The minimum absolute atomic E-state index is 0.0918. The summed E-state index contributed by atoms with van der Waals surface area (Å²) in [4.78, 5) is 0. The Balaban J connectivity index is 1.85. The summed E-state index contributed by atoms with van der Waals surface area (Å²) in [7, 11) is 0. The van der Waals surface area contributed by atoms with Crippen molar-refractivity contribution >= 4 is 0 Å². The van der Waals surface area contributed by atoms with E-state index in [1.807, 2.05) is 0 Å². The molecule has 0 aromatic heterocycles. The summed E-state index contributed by atoms with van der Waals surface area (Å²) >= 11 is 0. The molecule has 5 unspecified atom stereocenters. The molecule has 0 amide bonds. The van der Waals surface area contributed by atoms with Gasteiger partial charge in [0.2, 0.25) is 0 Å². The van der Waals surface area contributed by atoms with E-state index >= 15 is 0 Å². The first-order valence-electron chi connectivity index (χ1n) is 12.5. The zero-order chi connectivity index (χ0) is 21.3. The van der Waals surface area contributed by atoms with Gasteiger partial charge in [-0.15, -0.1) is 0 Å². The Morgan fingerprint density at radius 2 is 1.24 bits per heavy atom. The SMILES string of the molecule is CCCCCCCCCCCCCCCCNC(C)CC1OCC(O)C(O)C1O. The second kappa shape index (κ2) is 17.5. The summed E-state index contributed by atoms with van der Waals surface area (Å²) in [6.07, 6.45) is 16.3. The first kappa shape index (κ1) is 26.8. The summed E-state index contributed by atoms with van der Waals surface area (Å²) in [5.41, 5.74) is 0. The predicted molar refractivity (Wildman–Crippen MR) is 120 cm³/mol. The van der Waals surface area contributed by atoms with Gasteiger partial charge in [0, 0.05) is 6.04 Å². The van der Waals surface area contributed by atoms with E-state index in [1.165, 1.54) is 89.9 Å². The van der Waals surface area contributed by atoms with Gasteiger partial charge >= 0.3 is 0 Å². The molecule has 1 saturated heterocycles. The highest BCUT2D eigenvalue weighted by atomic mass is 16.5. The molecule has 1 aliphatic heterocycles. The molecule has 29 heavy (non-hydrogen) atoms. The molecule has 1 rings (SSSR count). The van der Waals surface area contributed by atoms with Crippen molar-refractivity contribution in [2.45, 2.75) is 141 Å². The second-order valence-corrected chi connectivity index (χ2v) is 9.11. The van der Waals surface area contributed by atoms with E-state index in [0.717, 1.165) is 6.54 Å². The molecule has 1 aliphatic rings. The smallest absolute Gasteiger partial charge is 0.111 e. The molecule has 0 saturated carbocycles. The monoisotopic (exact) mass is 415 g/mol. The molecule has 0 radical (unpaired) electrons. The third kappa shape index (κ3) is 13.0. The predicted octanol–water partition coefficient (Wildman–Crippen LogP) is 4.32. The Bertz CT molecular complexity index is 369. The molecule has 1 fully saturated rings. The Kier molecular flexibility index (Phi) is 16.2. The molecule has 0 bridgehead atoms.